The Bertz CT molecular complexity index is 1290. The molecule has 0 aliphatic heterocycles. The topological polar surface area (TPSA) is 112 Å². The Morgan fingerprint density at radius 2 is 1.12 bits per heavy atom. The van der Waals surface area contributed by atoms with Gasteiger partial charge in [-0.05, 0) is 66.7 Å². The largest absolute Gasteiger partial charge is 0.323 e. The third-order valence-corrected chi connectivity index (χ3v) is 4.71. The summed E-state index contributed by atoms with van der Waals surface area (Å²) in [5.41, 5.74) is 2.98. The average Bonchev–Trinajstić information content (AvgIpc) is 2.86. The van der Waals surface area contributed by atoms with Crippen molar-refractivity contribution in [1.82, 2.24) is 4.98 Å². The van der Waals surface area contributed by atoms with E-state index in [2.05, 4.69) is 26.3 Å². The number of pyridine rings is 1. The second-order valence-electron chi connectivity index (χ2n) is 7.23. The Morgan fingerprint density at radius 1 is 0.529 bits per heavy atom. The summed E-state index contributed by atoms with van der Waals surface area (Å²) in [4.78, 5) is 41.0. The van der Waals surface area contributed by atoms with Crippen LogP contribution in [0.4, 0.5) is 27.5 Å². The average molecular weight is 451 g/mol. The minimum Gasteiger partial charge on any atom is -0.322 e. The van der Waals surface area contributed by atoms with E-state index < -0.39 is 6.03 Å². The lowest BCUT2D eigenvalue weighted by Crippen LogP contribution is -2.19. The third-order valence-electron chi connectivity index (χ3n) is 4.71. The van der Waals surface area contributed by atoms with Crippen LogP contribution in [0.25, 0.3) is 0 Å². The zero-order chi connectivity index (χ0) is 23.8. The van der Waals surface area contributed by atoms with Crippen LogP contribution >= 0.6 is 0 Å². The number of amides is 4. The smallest absolute Gasteiger partial charge is 0.322 e. The lowest BCUT2D eigenvalue weighted by molar-refractivity contribution is 0.101. The minimum absolute atomic E-state index is 0.301. The second-order valence-corrected chi connectivity index (χ2v) is 7.23. The maximum Gasteiger partial charge on any atom is 0.323 e. The first kappa shape index (κ1) is 22.2. The highest BCUT2D eigenvalue weighted by atomic mass is 16.2. The van der Waals surface area contributed by atoms with Crippen molar-refractivity contribution in [2.75, 3.05) is 21.3 Å². The first-order chi connectivity index (χ1) is 16.6. The molecule has 0 aliphatic rings. The van der Waals surface area contributed by atoms with Gasteiger partial charge in [0, 0.05) is 34.5 Å². The van der Waals surface area contributed by atoms with Crippen LogP contribution in [0.2, 0.25) is 0 Å². The van der Waals surface area contributed by atoms with E-state index in [-0.39, 0.29) is 11.8 Å². The normalized spacial score (nSPS) is 10.1. The van der Waals surface area contributed by atoms with E-state index in [0.29, 0.717) is 34.0 Å². The zero-order valence-corrected chi connectivity index (χ0v) is 18.0. The van der Waals surface area contributed by atoms with E-state index >= 15 is 0 Å². The molecule has 0 aliphatic carbocycles. The molecule has 4 rings (SSSR count). The Hall–Kier alpha value is -4.98. The maximum absolute atomic E-state index is 12.6. The molecule has 8 heteroatoms. The summed E-state index contributed by atoms with van der Waals surface area (Å²) in [6.45, 7) is 0. The van der Waals surface area contributed by atoms with E-state index in [9.17, 15) is 14.4 Å². The van der Waals surface area contributed by atoms with Gasteiger partial charge in [-0.15, -0.1) is 0 Å². The van der Waals surface area contributed by atoms with Crippen LogP contribution in [0.5, 0.6) is 0 Å². The molecule has 168 valence electrons. The predicted molar refractivity (Wildman–Crippen MR) is 132 cm³/mol. The zero-order valence-electron chi connectivity index (χ0n) is 18.0. The van der Waals surface area contributed by atoms with Crippen LogP contribution in [0.3, 0.4) is 0 Å². The number of aromatic nitrogens is 1. The van der Waals surface area contributed by atoms with Crippen molar-refractivity contribution in [3.05, 3.63) is 115 Å². The van der Waals surface area contributed by atoms with Crippen LogP contribution in [-0.4, -0.2) is 22.8 Å². The van der Waals surface area contributed by atoms with Gasteiger partial charge in [-0.3, -0.25) is 14.6 Å². The SMILES string of the molecule is O=C(Nc1ccccc1)Nc1cccc(NC(=O)c2ccc(NC(=O)c3ccccn3)cc2)c1. The van der Waals surface area contributed by atoms with Crippen molar-refractivity contribution in [3.8, 4) is 0 Å². The van der Waals surface area contributed by atoms with Gasteiger partial charge in [0.15, 0.2) is 0 Å². The van der Waals surface area contributed by atoms with Crippen molar-refractivity contribution >= 4 is 40.6 Å². The van der Waals surface area contributed by atoms with Gasteiger partial charge in [0.1, 0.15) is 5.69 Å². The van der Waals surface area contributed by atoms with E-state index in [1.807, 2.05) is 18.2 Å². The van der Waals surface area contributed by atoms with Gasteiger partial charge in [0.25, 0.3) is 11.8 Å². The van der Waals surface area contributed by atoms with E-state index in [0.717, 1.165) is 0 Å². The van der Waals surface area contributed by atoms with Gasteiger partial charge >= 0.3 is 6.03 Å². The number of hydrogen-bond acceptors (Lipinski definition) is 4. The summed E-state index contributed by atoms with van der Waals surface area (Å²) in [5, 5.41) is 11.0. The summed E-state index contributed by atoms with van der Waals surface area (Å²) in [5.74, 6) is -0.660. The molecule has 4 aromatic rings. The molecule has 0 fully saturated rings. The van der Waals surface area contributed by atoms with Crippen molar-refractivity contribution in [2.45, 2.75) is 0 Å². The summed E-state index contributed by atoms with van der Waals surface area (Å²) >= 11 is 0. The second kappa shape index (κ2) is 10.6. The molecule has 8 nitrogen and oxygen atoms in total. The van der Waals surface area contributed by atoms with Crippen LogP contribution < -0.4 is 21.3 Å². The number of urea groups is 1. The van der Waals surface area contributed by atoms with Crippen LogP contribution in [-0.2, 0) is 0 Å². The minimum atomic E-state index is -0.391. The van der Waals surface area contributed by atoms with E-state index in [1.54, 1.807) is 85.1 Å². The highest BCUT2D eigenvalue weighted by Crippen LogP contribution is 2.18. The highest BCUT2D eigenvalue weighted by molar-refractivity contribution is 6.06. The summed E-state index contributed by atoms with van der Waals surface area (Å²) in [6.07, 6.45) is 1.54. The van der Waals surface area contributed by atoms with Gasteiger partial charge in [-0.25, -0.2) is 4.79 Å². The molecule has 1 aromatic heterocycles. The molecule has 34 heavy (non-hydrogen) atoms. The Balaban J connectivity index is 1.34. The number of nitrogens with zero attached hydrogens (tertiary/aromatic N) is 1. The molecule has 1 heterocycles. The van der Waals surface area contributed by atoms with Crippen LogP contribution in [0.15, 0.2) is 103 Å². The summed E-state index contributed by atoms with van der Waals surface area (Å²) in [7, 11) is 0. The first-order valence-corrected chi connectivity index (χ1v) is 10.4. The number of carbonyl (C=O) groups is 3. The number of para-hydroxylation sites is 1. The summed E-state index contributed by atoms with van der Waals surface area (Å²) < 4.78 is 0. The van der Waals surface area contributed by atoms with Crippen molar-refractivity contribution in [1.29, 1.82) is 0 Å². The van der Waals surface area contributed by atoms with E-state index in [1.165, 1.54) is 0 Å². The standard InChI is InChI=1S/C26H21N5O3/c32-24(18-12-14-20(15-13-18)28-25(33)23-11-4-5-16-27-23)29-21-9-6-10-22(17-21)31-26(34)30-19-7-2-1-3-8-19/h1-17H,(H,28,33)(H,29,32)(H2,30,31,34). The number of hydrogen-bond donors (Lipinski definition) is 4. The number of rotatable bonds is 6. The Labute approximate surface area is 196 Å². The van der Waals surface area contributed by atoms with E-state index in [4.69, 9.17) is 0 Å². The number of anilines is 4. The van der Waals surface area contributed by atoms with Crippen LogP contribution in [0, 0.1) is 0 Å². The number of benzene rings is 3. The molecule has 0 unspecified atom stereocenters. The molecule has 0 bridgehead atoms. The van der Waals surface area contributed by atoms with Gasteiger partial charge in [0.05, 0.1) is 0 Å². The van der Waals surface area contributed by atoms with Crippen molar-refractivity contribution in [3.63, 3.8) is 0 Å². The molecule has 4 N–H and O–H groups in total. The third kappa shape index (κ3) is 6.04. The van der Waals surface area contributed by atoms with Crippen LogP contribution in [0.1, 0.15) is 20.8 Å². The van der Waals surface area contributed by atoms with Gasteiger partial charge in [-0.1, -0.05) is 30.3 Å². The molecule has 0 saturated heterocycles. The fourth-order valence-corrected chi connectivity index (χ4v) is 3.09. The molecule has 0 saturated carbocycles. The quantitative estimate of drug-likeness (QED) is 0.321. The van der Waals surface area contributed by atoms with Gasteiger partial charge in [0.2, 0.25) is 0 Å². The first-order valence-electron chi connectivity index (χ1n) is 10.4. The molecular formula is C26H21N5O3. The van der Waals surface area contributed by atoms with Gasteiger partial charge < -0.3 is 21.3 Å². The molecule has 0 spiro atoms. The monoisotopic (exact) mass is 451 g/mol. The predicted octanol–water partition coefficient (Wildman–Crippen LogP) is 5.23. The molecular weight excluding hydrogens is 430 g/mol. The highest BCUT2D eigenvalue weighted by Gasteiger charge is 2.10. The fourth-order valence-electron chi connectivity index (χ4n) is 3.09. The molecule has 3 aromatic carbocycles. The number of nitrogens with one attached hydrogen (secondary N) is 4. The Morgan fingerprint density at radius 3 is 1.82 bits per heavy atom. The molecule has 0 atom stereocenters. The Kier molecular flexibility index (Phi) is 6.90. The van der Waals surface area contributed by atoms with Crippen molar-refractivity contribution in [2.24, 2.45) is 0 Å². The molecule has 4 amide bonds. The lowest BCUT2D eigenvalue weighted by atomic mass is 10.2. The van der Waals surface area contributed by atoms with Gasteiger partial charge in [-0.2, -0.15) is 0 Å². The van der Waals surface area contributed by atoms with Crippen molar-refractivity contribution < 1.29 is 14.4 Å². The summed E-state index contributed by atoms with van der Waals surface area (Å²) in [6, 6.07) is 27.1. The molecule has 0 radical (unpaired) electrons. The fraction of sp³-hybridized carbons (Fsp3) is 0. The maximum atomic E-state index is 12.6. The number of carbonyl (C=O) groups excluding carboxylic acids is 3. The lowest BCUT2D eigenvalue weighted by Gasteiger charge is -2.10.